The van der Waals surface area contributed by atoms with E-state index in [4.69, 9.17) is 4.74 Å². The molecule has 126 valence electrons. The van der Waals surface area contributed by atoms with Crippen molar-refractivity contribution >= 4 is 11.9 Å². The fourth-order valence-corrected chi connectivity index (χ4v) is 2.96. The summed E-state index contributed by atoms with van der Waals surface area (Å²) < 4.78 is 5.45. The molecule has 22 heavy (non-hydrogen) atoms. The number of amides is 3. The Morgan fingerprint density at radius 3 is 2.86 bits per heavy atom. The van der Waals surface area contributed by atoms with Crippen molar-refractivity contribution in [2.45, 2.75) is 39.5 Å². The Morgan fingerprint density at radius 1 is 1.32 bits per heavy atom. The summed E-state index contributed by atoms with van der Waals surface area (Å²) in [7, 11) is 0. The highest BCUT2D eigenvalue weighted by Gasteiger charge is 2.24. The molecule has 2 heterocycles. The maximum absolute atomic E-state index is 12.1. The molecule has 2 aliphatic rings. The van der Waals surface area contributed by atoms with Crippen molar-refractivity contribution in [1.29, 1.82) is 0 Å². The van der Waals surface area contributed by atoms with E-state index >= 15 is 0 Å². The average molecular weight is 311 g/mol. The van der Waals surface area contributed by atoms with E-state index in [-0.39, 0.29) is 17.9 Å². The maximum atomic E-state index is 12.1. The number of carbonyl (C=O) groups excluding carboxylic acids is 2. The van der Waals surface area contributed by atoms with E-state index in [1.165, 1.54) is 0 Å². The second-order valence-corrected chi connectivity index (χ2v) is 6.61. The predicted molar refractivity (Wildman–Crippen MR) is 84.3 cm³/mol. The lowest BCUT2D eigenvalue weighted by molar-refractivity contribution is -0.137. The number of hydrogen-bond donors (Lipinski definition) is 1. The van der Waals surface area contributed by atoms with Gasteiger partial charge in [0.05, 0.1) is 0 Å². The second kappa shape index (κ2) is 8.36. The van der Waals surface area contributed by atoms with Crippen LogP contribution < -0.4 is 5.32 Å². The van der Waals surface area contributed by atoms with Crippen LogP contribution >= 0.6 is 0 Å². The van der Waals surface area contributed by atoms with Crippen molar-refractivity contribution in [1.82, 2.24) is 15.1 Å². The first-order valence-corrected chi connectivity index (χ1v) is 8.47. The molecule has 0 radical (unpaired) electrons. The van der Waals surface area contributed by atoms with Gasteiger partial charge in [-0.05, 0) is 31.6 Å². The molecule has 0 aromatic rings. The molecule has 2 saturated heterocycles. The molecule has 0 saturated carbocycles. The highest BCUT2D eigenvalue weighted by Crippen LogP contribution is 2.15. The van der Waals surface area contributed by atoms with Gasteiger partial charge in [-0.15, -0.1) is 0 Å². The van der Waals surface area contributed by atoms with Gasteiger partial charge >= 0.3 is 6.03 Å². The number of hydrogen-bond acceptors (Lipinski definition) is 3. The summed E-state index contributed by atoms with van der Waals surface area (Å²) in [6.45, 7) is 8.31. The summed E-state index contributed by atoms with van der Waals surface area (Å²) in [4.78, 5) is 27.7. The van der Waals surface area contributed by atoms with Crippen LogP contribution in [0.1, 0.15) is 39.5 Å². The van der Waals surface area contributed by atoms with E-state index in [1.54, 1.807) is 4.90 Å². The van der Waals surface area contributed by atoms with Gasteiger partial charge in [-0.1, -0.05) is 13.8 Å². The molecule has 2 atom stereocenters. The maximum Gasteiger partial charge on any atom is 0.317 e. The van der Waals surface area contributed by atoms with Crippen LogP contribution in [0.2, 0.25) is 0 Å². The molecule has 0 aromatic heterocycles. The summed E-state index contributed by atoms with van der Waals surface area (Å²) >= 11 is 0. The summed E-state index contributed by atoms with van der Waals surface area (Å²) in [6.07, 6.45) is 3.67. The second-order valence-electron chi connectivity index (χ2n) is 6.61. The van der Waals surface area contributed by atoms with E-state index in [0.29, 0.717) is 32.3 Å². The molecular weight excluding hydrogens is 282 g/mol. The van der Waals surface area contributed by atoms with Crippen LogP contribution in [-0.4, -0.2) is 61.3 Å². The third kappa shape index (κ3) is 4.87. The SMILES string of the molecule is CC1CCN(C(=O)NCCCCN2COCCC(C)C2=O)C1. The van der Waals surface area contributed by atoms with Crippen LogP contribution in [0.5, 0.6) is 0 Å². The van der Waals surface area contributed by atoms with E-state index < -0.39 is 0 Å². The smallest absolute Gasteiger partial charge is 0.317 e. The van der Waals surface area contributed by atoms with Crippen molar-refractivity contribution in [3.8, 4) is 0 Å². The molecule has 1 N–H and O–H groups in total. The van der Waals surface area contributed by atoms with E-state index in [1.807, 2.05) is 11.8 Å². The summed E-state index contributed by atoms with van der Waals surface area (Å²) in [5.41, 5.74) is 0. The molecule has 0 aliphatic carbocycles. The Morgan fingerprint density at radius 2 is 2.14 bits per heavy atom. The van der Waals surface area contributed by atoms with Crippen molar-refractivity contribution in [3.63, 3.8) is 0 Å². The van der Waals surface area contributed by atoms with Gasteiger partial charge in [-0.25, -0.2) is 4.79 Å². The molecule has 0 bridgehead atoms. The van der Waals surface area contributed by atoms with Crippen LogP contribution in [-0.2, 0) is 9.53 Å². The molecular formula is C16H29N3O3. The first-order chi connectivity index (χ1) is 10.6. The van der Waals surface area contributed by atoms with Crippen LogP contribution in [0.25, 0.3) is 0 Å². The van der Waals surface area contributed by atoms with Gasteiger partial charge in [0.2, 0.25) is 5.91 Å². The zero-order chi connectivity index (χ0) is 15.9. The van der Waals surface area contributed by atoms with Crippen molar-refractivity contribution < 1.29 is 14.3 Å². The monoisotopic (exact) mass is 311 g/mol. The molecule has 6 nitrogen and oxygen atoms in total. The lowest BCUT2D eigenvalue weighted by Gasteiger charge is -2.22. The topological polar surface area (TPSA) is 61.9 Å². The number of carbonyl (C=O) groups is 2. The standard InChI is InChI=1S/C16H29N3O3/c1-13-5-9-18(11-13)16(21)17-7-3-4-8-19-12-22-10-6-14(2)15(19)20/h13-14H,3-12H2,1-2H3,(H,17,21). The van der Waals surface area contributed by atoms with Gasteiger partial charge in [0.25, 0.3) is 0 Å². The lowest BCUT2D eigenvalue weighted by Crippen LogP contribution is -2.39. The van der Waals surface area contributed by atoms with Crippen LogP contribution in [0.15, 0.2) is 0 Å². The van der Waals surface area contributed by atoms with E-state index in [9.17, 15) is 9.59 Å². The van der Waals surface area contributed by atoms with E-state index in [0.717, 1.165) is 38.8 Å². The highest BCUT2D eigenvalue weighted by molar-refractivity contribution is 5.78. The highest BCUT2D eigenvalue weighted by atomic mass is 16.5. The minimum atomic E-state index is 0.0483. The molecule has 2 rings (SSSR count). The predicted octanol–water partition coefficient (Wildman–Crippen LogP) is 1.66. The van der Waals surface area contributed by atoms with Crippen molar-refractivity contribution in [2.24, 2.45) is 11.8 Å². The molecule has 0 spiro atoms. The number of nitrogens with one attached hydrogen (secondary N) is 1. The van der Waals surface area contributed by atoms with Crippen LogP contribution in [0.4, 0.5) is 4.79 Å². The van der Waals surface area contributed by atoms with Crippen molar-refractivity contribution in [3.05, 3.63) is 0 Å². The fraction of sp³-hybridized carbons (Fsp3) is 0.875. The van der Waals surface area contributed by atoms with Gasteiger partial charge in [-0.3, -0.25) is 4.79 Å². The van der Waals surface area contributed by atoms with E-state index in [2.05, 4.69) is 12.2 Å². The largest absolute Gasteiger partial charge is 0.361 e. The zero-order valence-electron chi connectivity index (χ0n) is 13.8. The first-order valence-electron chi connectivity index (χ1n) is 8.47. The van der Waals surface area contributed by atoms with Crippen LogP contribution in [0, 0.1) is 11.8 Å². The van der Waals surface area contributed by atoms with Crippen molar-refractivity contribution in [2.75, 3.05) is 39.5 Å². The molecule has 2 fully saturated rings. The fourth-order valence-electron chi connectivity index (χ4n) is 2.96. The van der Waals surface area contributed by atoms with Gasteiger partial charge in [0.15, 0.2) is 0 Å². The van der Waals surface area contributed by atoms with Gasteiger partial charge in [-0.2, -0.15) is 0 Å². The Hall–Kier alpha value is -1.30. The normalized spacial score (nSPS) is 26.2. The van der Waals surface area contributed by atoms with Crippen LogP contribution in [0.3, 0.4) is 0 Å². The minimum absolute atomic E-state index is 0.0483. The number of ether oxygens (including phenoxy) is 1. The number of urea groups is 1. The Kier molecular flexibility index (Phi) is 6.49. The molecule has 0 aromatic carbocycles. The number of rotatable bonds is 5. The lowest BCUT2D eigenvalue weighted by atomic mass is 10.1. The minimum Gasteiger partial charge on any atom is -0.361 e. The Balaban J connectivity index is 1.58. The third-order valence-corrected chi connectivity index (χ3v) is 4.52. The number of likely N-dealkylation sites (tertiary alicyclic amines) is 1. The van der Waals surface area contributed by atoms with Gasteiger partial charge < -0.3 is 19.9 Å². The summed E-state index contributed by atoms with van der Waals surface area (Å²) in [5, 5.41) is 2.97. The zero-order valence-corrected chi connectivity index (χ0v) is 13.8. The van der Waals surface area contributed by atoms with Gasteiger partial charge in [0.1, 0.15) is 6.73 Å². The third-order valence-electron chi connectivity index (χ3n) is 4.52. The Bertz CT molecular complexity index is 389. The van der Waals surface area contributed by atoms with Gasteiger partial charge in [0, 0.05) is 38.7 Å². The quantitative estimate of drug-likeness (QED) is 0.786. The molecule has 3 amide bonds. The summed E-state index contributed by atoms with van der Waals surface area (Å²) in [6, 6.07) is 0.0483. The molecule has 6 heteroatoms. The number of unbranched alkanes of at least 4 members (excludes halogenated alkanes) is 1. The Labute approximate surface area is 133 Å². The molecule has 2 aliphatic heterocycles. The first kappa shape index (κ1) is 17.1. The summed E-state index contributed by atoms with van der Waals surface area (Å²) in [5.74, 6) is 0.855. The number of nitrogens with zero attached hydrogens (tertiary/aromatic N) is 2. The molecule has 2 unspecified atom stereocenters. The average Bonchev–Trinajstić information content (AvgIpc) is 2.87.